The summed E-state index contributed by atoms with van der Waals surface area (Å²) in [4.78, 5) is 19.2. The average molecular weight is 419 g/mol. The molecule has 2 heterocycles. The summed E-state index contributed by atoms with van der Waals surface area (Å²) in [5.41, 5.74) is -0.161. The van der Waals surface area contributed by atoms with E-state index >= 15 is 0 Å². The molecule has 3 aromatic rings. The second kappa shape index (κ2) is 6.52. The van der Waals surface area contributed by atoms with Crippen molar-refractivity contribution < 1.29 is 13.2 Å². The van der Waals surface area contributed by atoms with E-state index in [0.717, 1.165) is 24.5 Å². The Balaban J connectivity index is 2.02. The van der Waals surface area contributed by atoms with E-state index in [4.69, 9.17) is 12.2 Å². The predicted molar refractivity (Wildman–Crippen MR) is 109 cm³/mol. The summed E-state index contributed by atoms with van der Waals surface area (Å²) in [7, 11) is 0. The lowest BCUT2D eigenvalue weighted by Crippen LogP contribution is -2.20. The molecule has 0 radical (unpaired) electrons. The van der Waals surface area contributed by atoms with Crippen molar-refractivity contribution in [3.63, 3.8) is 0 Å². The van der Waals surface area contributed by atoms with E-state index in [1.807, 2.05) is 12.1 Å². The Morgan fingerprint density at radius 2 is 1.76 bits per heavy atom. The van der Waals surface area contributed by atoms with E-state index in [-0.39, 0.29) is 27.6 Å². The molecule has 8 heteroatoms. The summed E-state index contributed by atoms with van der Waals surface area (Å²) in [6.45, 7) is 6.19. The maximum atomic E-state index is 13.8. The summed E-state index contributed by atoms with van der Waals surface area (Å²) in [5.74, 6) is 0. The first-order valence-electron chi connectivity index (χ1n) is 9.34. The number of hydrogen-bond donors (Lipinski definition) is 1. The van der Waals surface area contributed by atoms with Gasteiger partial charge in [-0.1, -0.05) is 45.0 Å². The first-order valence-corrected chi connectivity index (χ1v) is 9.75. The molecule has 29 heavy (non-hydrogen) atoms. The van der Waals surface area contributed by atoms with Crippen LogP contribution in [0.3, 0.4) is 0 Å². The molecule has 152 valence electrons. The number of aromatic nitrogens is 3. The Labute approximate surface area is 170 Å². The minimum absolute atomic E-state index is 0.00836. The summed E-state index contributed by atoms with van der Waals surface area (Å²) in [6.07, 6.45) is -3.11. The molecule has 0 atom stereocenters. The van der Waals surface area contributed by atoms with Crippen molar-refractivity contribution in [2.75, 3.05) is 0 Å². The van der Waals surface area contributed by atoms with Crippen LogP contribution in [0.15, 0.2) is 35.1 Å². The van der Waals surface area contributed by atoms with Crippen LogP contribution in [-0.2, 0) is 11.6 Å². The highest BCUT2D eigenvalue weighted by molar-refractivity contribution is 7.71. The van der Waals surface area contributed by atoms with E-state index in [1.54, 1.807) is 16.7 Å². The predicted octanol–water partition coefficient (Wildman–Crippen LogP) is 5.77. The summed E-state index contributed by atoms with van der Waals surface area (Å²) >= 11 is 5.22. The van der Waals surface area contributed by atoms with Gasteiger partial charge >= 0.3 is 6.18 Å². The Kier molecular flexibility index (Phi) is 4.45. The first kappa shape index (κ1) is 19.8. The summed E-state index contributed by atoms with van der Waals surface area (Å²) < 4.78 is 43.2. The maximum absolute atomic E-state index is 13.8. The van der Waals surface area contributed by atoms with Crippen LogP contribution < -0.4 is 5.56 Å². The molecular formula is C21H20F3N3OS. The third-order valence-corrected chi connectivity index (χ3v) is 5.46. The second-order valence-electron chi connectivity index (χ2n) is 8.44. The Hall–Kier alpha value is -2.48. The van der Waals surface area contributed by atoms with Crippen molar-refractivity contribution in [3.05, 3.63) is 56.6 Å². The Morgan fingerprint density at radius 1 is 1.14 bits per heavy atom. The molecule has 0 bridgehead atoms. The minimum atomic E-state index is -4.70. The molecule has 0 aliphatic heterocycles. The third-order valence-electron chi connectivity index (χ3n) is 5.16. The number of fused-ring (bicyclic) bond motifs is 1. The lowest BCUT2D eigenvalue weighted by Gasteiger charge is -2.19. The summed E-state index contributed by atoms with van der Waals surface area (Å²) in [6, 6.07) is 8.22. The van der Waals surface area contributed by atoms with Crippen molar-refractivity contribution in [2.45, 2.75) is 51.2 Å². The van der Waals surface area contributed by atoms with Crippen LogP contribution in [0.1, 0.15) is 50.8 Å². The number of nitrogens with one attached hydrogen (secondary N) is 1. The molecule has 4 rings (SSSR count). The second-order valence-corrected chi connectivity index (χ2v) is 8.83. The molecule has 4 nitrogen and oxygen atoms in total. The molecule has 1 aliphatic carbocycles. The van der Waals surface area contributed by atoms with Gasteiger partial charge in [-0.05, 0) is 42.1 Å². The Morgan fingerprint density at radius 3 is 2.28 bits per heavy atom. The van der Waals surface area contributed by atoms with Crippen molar-refractivity contribution in [2.24, 2.45) is 0 Å². The van der Waals surface area contributed by atoms with E-state index in [0.29, 0.717) is 5.56 Å². The van der Waals surface area contributed by atoms with Gasteiger partial charge in [-0.2, -0.15) is 13.2 Å². The molecule has 1 aromatic carbocycles. The standard InChI is InChI=1S/C21H20F3N3OS/c1-20(2,3)12-6-4-11(5-7-12)15-10-14(21(22,23)24)16-17(25-15)27(13-8-9-13)19(29)26-18(16)28/h4-7,10,13H,8-9H2,1-3H3,(H,26,28,29). The monoisotopic (exact) mass is 419 g/mol. The lowest BCUT2D eigenvalue weighted by molar-refractivity contribution is -0.136. The van der Waals surface area contributed by atoms with Gasteiger partial charge in [0.2, 0.25) is 0 Å². The molecule has 1 saturated carbocycles. The van der Waals surface area contributed by atoms with Crippen molar-refractivity contribution in [1.29, 1.82) is 0 Å². The molecule has 0 spiro atoms. The van der Waals surface area contributed by atoms with Crippen molar-refractivity contribution in [3.8, 4) is 11.3 Å². The zero-order valence-corrected chi connectivity index (χ0v) is 17.0. The molecule has 1 N–H and O–H groups in total. The van der Waals surface area contributed by atoms with Gasteiger partial charge in [0.15, 0.2) is 4.77 Å². The van der Waals surface area contributed by atoms with Gasteiger partial charge in [0.25, 0.3) is 5.56 Å². The van der Waals surface area contributed by atoms with E-state index in [2.05, 4.69) is 30.7 Å². The van der Waals surface area contributed by atoms with Crippen LogP contribution in [-0.4, -0.2) is 14.5 Å². The van der Waals surface area contributed by atoms with E-state index < -0.39 is 22.7 Å². The number of nitrogens with zero attached hydrogens (tertiary/aromatic N) is 2. The first-order chi connectivity index (χ1) is 13.5. The zero-order valence-electron chi connectivity index (χ0n) is 16.2. The molecule has 0 amide bonds. The highest BCUT2D eigenvalue weighted by Gasteiger charge is 2.37. The largest absolute Gasteiger partial charge is 0.417 e. The van der Waals surface area contributed by atoms with Gasteiger partial charge in [0.05, 0.1) is 16.6 Å². The molecule has 0 saturated heterocycles. The van der Waals surface area contributed by atoms with Crippen molar-refractivity contribution >= 4 is 23.3 Å². The molecular weight excluding hydrogens is 399 g/mol. The van der Waals surface area contributed by atoms with Gasteiger partial charge in [-0.15, -0.1) is 0 Å². The number of hydrogen-bond acceptors (Lipinski definition) is 3. The number of H-pyrrole nitrogens is 1. The van der Waals surface area contributed by atoms with Crippen LogP contribution in [0.2, 0.25) is 0 Å². The lowest BCUT2D eigenvalue weighted by atomic mass is 9.86. The number of rotatable bonds is 2. The maximum Gasteiger partial charge on any atom is 0.417 e. The van der Waals surface area contributed by atoms with Crippen LogP contribution in [0.25, 0.3) is 22.3 Å². The SMILES string of the molecule is CC(C)(C)c1ccc(-c2cc(C(F)(F)F)c3c(=O)[nH]c(=S)n(C4CC4)c3n2)cc1. The highest BCUT2D eigenvalue weighted by Crippen LogP contribution is 2.40. The quantitative estimate of drug-likeness (QED) is 0.536. The smallest absolute Gasteiger partial charge is 0.299 e. The fraction of sp³-hybridized carbons (Fsp3) is 0.381. The third kappa shape index (κ3) is 3.61. The van der Waals surface area contributed by atoms with Gasteiger partial charge in [0.1, 0.15) is 5.65 Å². The average Bonchev–Trinajstić information content (AvgIpc) is 3.44. The van der Waals surface area contributed by atoms with Crippen LogP contribution in [0, 0.1) is 4.77 Å². The van der Waals surface area contributed by atoms with Crippen LogP contribution >= 0.6 is 12.2 Å². The molecule has 1 aliphatic rings. The zero-order chi connectivity index (χ0) is 21.1. The number of alkyl halides is 3. The van der Waals surface area contributed by atoms with Crippen molar-refractivity contribution in [1.82, 2.24) is 14.5 Å². The van der Waals surface area contributed by atoms with E-state index in [1.165, 1.54) is 0 Å². The van der Waals surface area contributed by atoms with Gasteiger partial charge < -0.3 is 0 Å². The molecule has 1 fully saturated rings. The van der Waals surface area contributed by atoms with Gasteiger partial charge in [-0.3, -0.25) is 14.3 Å². The van der Waals surface area contributed by atoms with Crippen LogP contribution in [0.5, 0.6) is 0 Å². The minimum Gasteiger partial charge on any atom is -0.299 e. The topological polar surface area (TPSA) is 50.7 Å². The number of benzene rings is 1. The highest BCUT2D eigenvalue weighted by atomic mass is 32.1. The van der Waals surface area contributed by atoms with E-state index in [9.17, 15) is 18.0 Å². The normalized spacial score (nSPS) is 15.1. The summed E-state index contributed by atoms with van der Waals surface area (Å²) in [5, 5.41) is -0.465. The number of pyridine rings is 1. The van der Waals surface area contributed by atoms with Gasteiger partial charge in [-0.25, -0.2) is 4.98 Å². The Bertz CT molecular complexity index is 1210. The number of aromatic amines is 1. The fourth-order valence-electron chi connectivity index (χ4n) is 3.43. The molecule has 2 aromatic heterocycles. The molecule has 0 unspecified atom stereocenters. The fourth-order valence-corrected chi connectivity index (χ4v) is 3.76. The number of halogens is 3. The van der Waals surface area contributed by atoms with Crippen LogP contribution in [0.4, 0.5) is 13.2 Å². The van der Waals surface area contributed by atoms with Gasteiger partial charge in [0, 0.05) is 11.6 Å².